The van der Waals surface area contributed by atoms with Gasteiger partial charge in [-0.25, -0.2) is 4.79 Å². The molecular formula is C31H39N5O4. The highest BCUT2D eigenvalue weighted by Crippen LogP contribution is 2.27. The monoisotopic (exact) mass is 545 g/mol. The molecule has 4 fully saturated rings. The number of nitrogens with zero attached hydrogens (tertiary/aromatic N) is 5. The standard InChI is InChI=1S/C31H39N5O4/c1-23-19-25(9-10-28(23)40-27-11-14-35(22-27)31(39)34-12-5-6-13-34)30(38)36-20-26(21-36)32-15-17-33(18-16-32)29(37)24-7-3-2-4-8-24/h2-4,7-10,19,26-27H,5-6,11-18,20-22H2,1H3. The van der Waals surface area contributed by atoms with Gasteiger partial charge in [0.05, 0.1) is 6.54 Å². The van der Waals surface area contributed by atoms with Gasteiger partial charge in [0.1, 0.15) is 11.9 Å². The van der Waals surface area contributed by atoms with Crippen LogP contribution in [0.2, 0.25) is 0 Å². The summed E-state index contributed by atoms with van der Waals surface area (Å²) in [6, 6.07) is 15.6. The topological polar surface area (TPSA) is 76.6 Å². The molecule has 0 aliphatic carbocycles. The molecule has 6 rings (SSSR count). The fourth-order valence-corrected chi connectivity index (χ4v) is 6.29. The van der Waals surface area contributed by atoms with Crippen LogP contribution in [0.4, 0.5) is 4.79 Å². The predicted octanol–water partition coefficient (Wildman–Crippen LogP) is 2.95. The van der Waals surface area contributed by atoms with E-state index in [0.717, 1.165) is 68.9 Å². The van der Waals surface area contributed by atoms with Gasteiger partial charge in [-0.2, -0.15) is 0 Å². The normalized spacial score (nSPS) is 22.0. The Balaban J connectivity index is 0.959. The van der Waals surface area contributed by atoms with Gasteiger partial charge in [0.15, 0.2) is 0 Å². The van der Waals surface area contributed by atoms with Crippen molar-refractivity contribution in [2.75, 3.05) is 65.4 Å². The maximum absolute atomic E-state index is 13.2. The molecule has 2 aromatic rings. The first-order valence-corrected chi connectivity index (χ1v) is 14.6. The first kappa shape index (κ1) is 26.6. The minimum Gasteiger partial charge on any atom is -0.488 e. The van der Waals surface area contributed by atoms with Gasteiger partial charge in [-0.05, 0) is 55.7 Å². The average Bonchev–Trinajstić information content (AvgIpc) is 3.66. The molecule has 0 spiro atoms. The van der Waals surface area contributed by atoms with Crippen LogP contribution >= 0.6 is 0 Å². The van der Waals surface area contributed by atoms with E-state index >= 15 is 0 Å². The fraction of sp³-hybridized carbons (Fsp3) is 0.516. The Morgan fingerprint density at radius 2 is 1.40 bits per heavy atom. The van der Waals surface area contributed by atoms with E-state index in [2.05, 4.69) is 4.90 Å². The second-order valence-corrected chi connectivity index (χ2v) is 11.5. The molecule has 9 nitrogen and oxygen atoms in total. The van der Waals surface area contributed by atoms with E-state index in [1.54, 1.807) is 0 Å². The molecule has 4 aliphatic rings. The number of carbonyl (C=O) groups is 3. The van der Waals surface area contributed by atoms with Gasteiger partial charge < -0.3 is 24.3 Å². The number of ether oxygens (including phenoxy) is 1. The number of amides is 4. The lowest BCUT2D eigenvalue weighted by molar-refractivity contribution is 0.00853. The summed E-state index contributed by atoms with van der Waals surface area (Å²) in [5.74, 6) is 0.919. The van der Waals surface area contributed by atoms with Crippen LogP contribution in [-0.2, 0) is 0 Å². The average molecular weight is 546 g/mol. The number of aryl methyl sites for hydroxylation is 1. The molecular weight excluding hydrogens is 506 g/mol. The number of likely N-dealkylation sites (tertiary alicyclic amines) is 3. The summed E-state index contributed by atoms with van der Waals surface area (Å²) in [7, 11) is 0. The van der Waals surface area contributed by atoms with Gasteiger partial charge >= 0.3 is 6.03 Å². The van der Waals surface area contributed by atoms with Crippen LogP contribution in [0.25, 0.3) is 0 Å². The lowest BCUT2D eigenvalue weighted by Gasteiger charge is -2.48. The molecule has 2 aromatic carbocycles. The zero-order valence-corrected chi connectivity index (χ0v) is 23.3. The molecule has 40 heavy (non-hydrogen) atoms. The summed E-state index contributed by atoms with van der Waals surface area (Å²) < 4.78 is 6.26. The largest absolute Gasteiger partial charge is 0.488 e. The van der Waals surface area contributed by atoms with Crippen molar-refractivity contribution in [1.29, 1.82) is 0 Å². The number of hydrogen-bond donors (Lipinski definition) is 0. The summed E-state index contributed by atoms with van der Waals surface area (Å²) in [6.45, 7) is 9.55. The molecule has 1 unspecified atom stereocenters. The van der Waals surface area contributed by atoms with Gasteiger partial charge in [-0.15, -0.1) is 0 Å². The molecule has 4 amide bonds. The van der Waals surface area contributed by atoms with Crippen LogP contribution in [0.3, 0.4) is 0 Å². The molecule has 212 valence electrons. The number of piperazine rings is 1. The number of hydrogen-bond acceptors (Lipinski definition) is 5. The molecule has 0 N–H and O–H groups in total. The van der Waals surface area contributed by atoms with Crippen LogP contribution in [0.1, 0.15) is 45.5 Å². The number of carbonyl (C=O) groups excluding carboxylic acids is 3. The van der Waals surface area contributed by atoms with Crippen LogP contribution in [0.15, 0.2) is 48.5 Å². The molecule has 0 aromatic heterocycles. The number of benzene rings is 2. The van der Waals surface area contributed by atoms with Crippen LogP contribution in [-0.4, -0.2) is 120 Å². The number of urea groups is 1. The van der Waals surface area contributed by atoms with E-state index in [1.807, 2.05) is 75.1 Å². The zero-order chi connectivity index (χ0) is 27.6. The molecule has 0 saturated carbocycles. The van der Waals surface area contributed by atoms with Crippen molar-refractivity contribution in [2.45, 2.75) is 38.3 Å². The third-order valence-electron chi connectivity index (χ3n) is 8.80. The third kappa shape index (κ3) is 5.52. The summed E-state index contributed by atoms with van der Waals surface area (Å²) in [5.41, 5.74) is 2.35. The molecule has 4 heterocycles. The Bertz CT molecular complexity index is 1230. The highest BCUT2D eigenvalue weighted by atomic mass is 16.5. The van der Waals surface area contributed by atoms with Gasteiger partial charge in [-0.3, -0.25) is 14.5 Å². The van der Waals surface area contributed by atoms with E-state index in [0.29, 0.717) is 44.3 Å². The minimum absolute atomic E-state index is 0.0219. The second-order valence-electron chi connectivity index (χ2n) is 11.5. The lowest BCUT2D eigenvalue weighted by Crippen LogP contribution is -2.64. The molecule has 4 aliphatic heterocycles. The Hall–Kier alpha value is -3.59. The zero-order valence-electron chi connectivity index (χ0n) is 23.3. The van der Waals surface area contributed by atoms with Crippen molar-refractivity contribution in [3.63, 3.8) is 0 Å². The third-order valence-corrected chi connectivity index (χ3v) is 8.80. The van der Waals surface area contributed by atoms with E-state index in [4.69, 9.17) is 4.74 Å². The Morgan fingerprint density at radius 3 is 2.10 bits per heavy atom. The number of rotatable bonds is 5. The van der Waals surface area contributed by atoms with Crippen LogP contribution in [0.5, 0.6) is 5.75 Å². The van der Waals surface area contributed by atoms with Crippen molar-refractivity contribution in [3.8, 4) is 5.75 Å². The van der Waals surface area contributed by atoms with Gasteiger partial charge in [0, 0.05) is 82.5 Å². The molecule has 0 bridgehead atoms. The van der Waals surface area contributed by atoms with Crippen LogP contribution in [0, 0.1) is 6.92 Å². The quantitative estimate of drug-likeness (QED) is 0.578. The van der Waals surface area contributed by atoms with E-state index in [1.165, 1.54) is 0 Å². The second kappa shape index (κ2) is 11.5. The smallest absolute Gasteiger partial charge is 0.320 e. The first-order valence-electron chi connectivity index (χ1n) is 14.6. The Labute approximate surface area is 236 Å². The predicted molar refractivity (Wildman–Crippen MR) is 152 cm³/mol. The summed E-state index contributed by atoms with van der Waals surface area (Å²) in [4.78, 5) is 48.7. The Kier molecular flexibility index (Phi) is 7.65. The maximum atomic E-state index is 13.2. The van der Waals surface area contributed by atoms with E-state index < -0.39 is 0 Å². The fourth-order valence-electron chi connectivity index (χ4n) is 6.29. The van der Waals surface area contributed by atoms with Crippen molar-refractivity contribution in [3.05, 3.63) is 65.2 Å². The summed E-state index contributed by atoms with van der Waals surface area (Å²) >= 11 is 0. The highest BCUT2D eigenvalue weighted by Gasteiger charge is 2.37. The summed E-state index contributed by atoms with van der Waals surface area (Å²) in [6.07, 6.45) is 2.99. The molecule has 4 saturated heterocycles. The molecule has 0 radical (unpaired) electrons. The maximum Gasteiger partial charge on any atom is 0.320 e. The first-order chi connectivity index (χ1) is 19.5. The van der Waals surface area contributed by atoms with E-state index in [-0.39, 0.29) is 23.9 Å². The molecule has 9 heteroatoms. The van der Waals surface area contributed by atoms with E-state index in [9.17, 15) is 14.4 Å². The van der Waals surface area contributed by atoms with Crippen molar-refractivity contribution in [1.82, 2.24) is 24.5 Å². The van der Waals surface area contributed by atoms with Gasteiger partial charge in [-0.1, -0.05) is 18.2 Å². The molecule has 1 atom stereocenters. The van der Waals surface area contributed by atoms with Crippen molar-refractivity contribution >= 4 is 17.8 Å². The highest BCUT2D eigenvalue weighted by molar-refractivity contribution is 5.95. The summed E-state index contributed by atoms with van der Waals surface area (Å²) in [5, 5.41) is 0. The Morgan fingerprint density at radius 1 is 0.700 bits per heavy atom. The minimum atomic E-state index is -0.0219. The van der Waals surface area contributed by atoms with Crippen molar-refractivity contribution < 1.29 is 19.1 Å². The van der Waals surface area contributed by atoms with Gasteiger partial charge in [0.25, 0.3) is 11.8 Å². The van der Waals surface area contributed by atoms with Crippen LogP contribution < -0.4 is 4.74 Å². The van der Waals surface area contributed by atoms with Gasteiger partial charge in [0.2, 0.25) is 0 Å². The lowest BCUT2D eigenvalue weighted by atomic mass is 10.0. The SMILES string of the molecule is Cc1cc(C(=O)N2CC(N3CCN(C(=O)c4ccccc4)CC3)C2)ccc1OC1CCN(C(=O)N2CCCC2)C1. The van der Waals surface area contributed by atoms with Crippen molar-refractivity contribution in [2.24, 2.45) is 0 Å².